The van der Waals surface area contributed by atoms with Crippen LogP contribution in [0.3, 0.4) is 0 Å². The number of nitrogens with zero attached hydrogens (tertiary/aromatic N) is 2. The summed E-state index contributed by atoms with van der Waals surface area (Å²) in [6.07, 6.45) is 14.1. The fourth-order valence-electron chi connectivity index (χ4n) is 4.52. The molecule has 3 nitrogen and oxygen atoms in total. The zero-order valence-electron chi connectivity index (χ0n) is 11.9. The van der Waals surface area contributed by atoms with Crippen molar-refractivity contribution in [3.8, 4) is 0 Å². The zero-order chi connectivity index (χ0) is 13.5. The molecular formula is C17H22N2O. The molecule has 2 heterocycles. The summed E-state index contributed by atoms with van der Waals surface area (Å²) in [5, 5.41) is 0. The van der Waals surface area contributed by atoms with Crippen LogP contribution in [0.5, 0.6) is 0 Å². The Morgan fingerprint density at radius 2 is 2.05 bits per heavy atom. The molecule has 1 amide bonds. The Kier molecular flexibility index (Phi) is 3.01. The Balaban J connectivity index is 1.61. The molecule has 0 N–H and O–H groups in total. The highest BCUT2D eigenvalue weighted by Gasteiger charge is 2.48. The number of aliphatic imine (C=N–C) groups is 1. The molecule has 0 radical (unpaired) electrons. The number of amides is 1. The summed E-state index contributed by atoms with van der Waals surface area (Å²) in [5.74, 6) is 1.67. The molecule has 2 saturated heterocycles. The van der Waals surface area contributed by atoms with Crippen LogP contribution in [0.1, 0.15) is 44.9 Å². The van der Waals surface area contributed by atoms with Crippen LogP contribution in [0.25, 0.3) is 0 Å². The number of hydrogen-bond donors (Lipinski definition) is 0. The summed E-state index contributed by atoms with van der Waals surface area (Å²) in [6.45, 7) is 0.961. The summed E-state index contributed by atoms with van der Waals surface area (Å²) in [5.41, 5.74) is 2.62. The lowest BCUT2D eigenvalue weighted by Gasteiger charge is -2.42. The van der Waals surface area contributed by atoms with Gasteiger partial charge in [-0.1, -0.05) is 12.2 Å². The Morgan fingerprint density at radius 3 is 2.90 bits per heavy atom. The van der Waals surface area contributed by atoms with Crippen LogP contribution in [0.4, 0.5) is 0 Å². The number of carbonyl (C=O) groups excluding carboxylic acids is 1. The van der Waals surface area contributed by atoms with Crippen LogP contribution in [-0.2, 0) is 4.79 Å². The van der Waals surface area contributed by atoms with Gasteiger partial charge in [0.25, 0.3) is 0 Å². The minimum absolute atomic E-state index is 0.384. The third-order valence-electron chi connectivity index (χ3n) is 5.46. The van der Waals surface area contributed by atoms with Gasteiger partial charge in [-0.25, -0.2) is 0 Å². The van der Waals surface area contributed by atoms with Gasteiger partial charge < -0.3 is 4.90 Å². The second-order valence-electron chi connectivity index (χ2n) is 6.54. The molecule has 3 atom stereocenters. The van der Waals surface area contributed by atoms with Crippen LogP contribution in [0.2, 0.25) is 0 Å². The molecule has 1 unspecified atom stereocenters. The van der Waals surface area contributed by atoms with Crippen molar-refractivity contribution in [3.63, 3.8) is 0 Å². The number of piperidine rings is 1. The van der Waals surface area contributed by atoms with Gasteiger partial charge >= 0.3 is 0 Å². The Labute approximate surface area is 120 Å². The van der Waals surface area contributed by atoms with E-state index in [-0.39, 0.29) is 0 Å². The average Bonchev–Trinajstić information content (AvgIpc) is 2.93. The molecule has 3 fully saturated rings. The summed E-state index contributed by atoms with van der Waals surface area (Å²) in [7, 11) is 0. The number of allylic oxidation sites excluding steroid dienone is 4. The lowest BCUT2D eigenvalue weighted by molar-refractivity contribution is -0.137. The van der Waals surface area contributed by atoms with Gasteiger partial charge in [0.05, 0.1) is 0 Å². The molecular weight excluding hydrogens is 248 g/mol. The summed E-state index contributed by atoms with van der Waals surface area (Å²) in [6, 6.07) is 0.475. The Morgan fingerprint density at radius 1 is 1.15 bits per heavy atom. The standard InChI is InChI=1S/C17H22N2O/c20-16-9-7-12-6-8-15(14-10-11-19(16)17(12)14)18-13-4-2-1-3-5-13/h1-2,4,12,14,17H,3,5-11H2/t12-,14?,17+/m1/s1. The van der Waals surface area contributed by atoms with E-state index in [1.807, 2.05) is 0 Å². The van der Waals surface area contributed by atoms with Crippen molar-refractivity contribution < 1.29 is 4.79 Å². The van der Waals surface area contributed by atoms with E-state index in [2.05, 4.69) is 23.1 Å². The molecule has 1 saturated carbocycles. The monoisotopic (exact) mass is 270 g/mol. The van der Waals surface area contributed by atoms with Crippen molar-refractivity contribution in [2.45, 2.75) is 51.0 Å². The van der Waals surface area contributed by atoms with Gasteiger partial charge in [-0.05, 0) is 50.5 Å². The molecule has 20 heavy (non-hydrogen) atoms. The van der Waals surface area contributed by atoms with Crippen molar-refractivity contribution in [1.29, 1.82) is 0 Å². The first-order valence-corrected chi connectivity index (χ1v) is 8.05. The molecule has 3 heteroatoms. The summed E-state index contributed by atoms with van der Waals surface area (Å²) >= 11 is 0. The SMILES string of the molecule is O=C1CC[C@H]2CCC(=NC3=CC=CCC3)C3CCN1[C@H]32. The van der Waals surface area contributed by atoms with Gasteiger partial charge in [0, 0.05) is 36.3 Å². The van der Waals surface area contributed by atoms with Gasteiger partial charge in [0.15, 0.2) is 0 Å². The molecule has 0 spiro atoms. The van der Waals surface area contributed by atoms with Crippen molar-refractivity contribution in [2.24, 2.45) is 16.8 Å². The van der Waals surface area contributed by atoms with E-state index in [1.54, 1.807) is 0 Å². The third kappa shape index (κ3) is 1.95. The average molecular weight is 270 g/mol. The van der Waals surface area contributed by atoms with Crippen molar-refractivity contribution in [3.05, 3.63) is 23.9 Å². The van der Waals surface area contributed by atoms with E-state index < -0.39 is 0 Å². The lowest BCUT2D eigenvalue weighted by Crippen LogP contribution is -2.50. The predicted octanol–water partition coefficient (Wildman–Crippen LogP) is 3.08. The quantitative estimate of drug-likeness (QED) is 0.720. The second kappa shape index (κ2) is 4.87. The molecule has 0 aromatic heterocycles. The smallest absolute Gasteiger partial charge is 0.222 e. The highest BCUT2D eigenvalue weighted by atomic mass is 16.2. The van der Waals surface area contributed by atoms with Crippen molar-refractivity contribution >= 4 is 11.6 Å². The fraction of sp³-hybridized carbons (Fsp3) is 0.647. The van der Waals surface area contributed by atoms with Gasteiger partial charge in [-0.15, -0.1) is 0 Å². The molecule has 4 rings (SSSR count). The maximum absolute atomic E-state index is 12.1. The van der Waals surface area contributed by atoms with Crippen LogP contribution in [0, 0.1) is 11.8 Å². The highest BCUT2D eigenvalue weighted by molar-refractivity contribution is 5.91. The van der Waals surface area contributed by atoms with E-state index in [0.29, 0.717) is 17.9 Å². The number of rotatable bonds is 1. The first-order valence-electron chi connectivity index (χ1n) is 8.05. The number of hydrogen-bond acceptors (Lipinski definition) is 2. The number of carbonyl (C=O) groups is 1. The van der Waals surface area contributed by atoms with E-state index in [1.165, 1.54) is 17.8 Å². The molecule has 0 aromatic rings. The summed E-state index contributed by atoms with van der Waals surface area (Å²) in [4.78, 5) is 19.2. The normalized spacial score (nSPS) is 38.1. The van der Waals surface area contributed by atoms with Crippen LogP contribution < -0.4 is 0 Å². The molecule has 4 aliphatic rings. The van der Waals surface area contributed by atoms with E-state index >= 15 is 0 Å². The molecule has 2 aliphatic heterocycles. The molecule has 2 aliphatic carbocycles. The van der Waals surface area contributed by atoms with Gasteiger partial charge in [-0.2, -0.15) is 0 Å². The maximum Gasteiger partial charge on any atom is 0.222 e. The van der Waals surface area contributed by atoms with Crippen molar-refractivity contribution in [1.82, 2.24) is 4.90 Å². The Hall–Kier alpha value is -1.38. The largest absolute Gasteiger partial charge is 0.339 e. The maximum atomic E-state index is 12.1. The topological polar surface area (TPSA) is 32.7 Å². The van der Waals surface area contributed by atoms with Crippen LogP contribution in [0.15, 0.2) is 28.9 Å². The second-order valence-corrected chi connectivity index (χ2v) is 6.54. The summed E-state index contributed by atoms with van der Waals surface area (Å²) < 4.78 is 0. The minimum atomic E-state index is 0.384. The van der Waals surface area contributed by atoms with Gasteiger partial charge in [-0.3, -0.25) is 9.79 Å². The lowest BCUT2D eigenvalue weighted by atomic mass is 9.72. The molecule has 0 aromatic carbocycles. The molecule has 0 bridgehead atoms. The minimum Gasteiger partial charge on any atom is -0.339 e. The predicted molar refractivity (Wildman–Crippen MR) is 79.5 cm³/mol. The first kappa shape index (κ1) is 12.4. The van der Waals surface area contributed by atoms with Crippen molar-refractivity contribution in [2.75, 3.05) is 6.54 Å². The van der Waals surface area contributed by atoms with E-state index in [9.17, 15) is 4.79 Å². The fourth-order valence-corrected chi connectivity index (χ4v) is 4.52. The van der Waals surface area contributed by atoms with E-state index in [0.717, 1.165) is 51.0 Å². The third-order valence-corrected chi connectivity index (χ3v) is 5.46. The molecule has 106 valence electrons. The van der Waals surface area contributed by atoms with Gasteiger partial charge in [0.2, 0.25) is 5.91 Å². The Bertz CT molecular complexity index is 517. The van der Waals surface area contributed by atoms with Gasteiger partial charge in [0.1, 0.15) is 0 Å². The zero-order valence-corrected chi connectivity index (χ0v) is 11.9. The van der Waals surface area contributed by atoms with Crippen LogP contribution >= 0.6 is 0 Å². The highest BCUT2D eigenvalue weighted by Crippen LogP contribution is 2.43. The van der Waals surface area contributed by atoms with Crippen LogP contribution in [-0.4, -0.2) is 29.1 Å². The first-order chi connectivity index (χ1) is 9.83. The van der Waals surface area contributed by atoms with E-state index in [4.69, 9.17) is 4.99 Å².